The molecule has 0 spiro atoms. The molecular weight excluding hydrogens is 1230 g/mol. The van der Waals surface area contributed by atoms with Gasteiger partial charge in [0.05, 0.1) is 27.7 Å². The van der Waals surface area contributed by atoms with Gasteiger partial charge in [0.1, 0.15) is 19.8 Å². The Kier molecular flexibility index (Phi) is 74.7. The molecule has 0 heterocycles. The molecule has 0 aromatic heterocycles. The predicted molar refractivity (Wildman–Crippen MR) is 425 cm³/mol. The fourth-order valence-electron chi connectivity index (χ4n) is 11.7. The Hall–Kier alpha value is -3.59. The van der Waals surface area contributed by atoms with Crippen molar-refractivity contribution in [2.24, 2.45) is 0 Å². The lowest BCUT2D eigenvalue weighted by Gasteiger charge is -2.28. The first-order valence-electron chi connectivity index (χ1n) is 41.2. The van der Waals surface area contributed by atoms with Crippen molar-refractivity contribution in [1.29, 1.82) is 0 Å². The molecule has 2 unspecified atom stereocenters. The summed E-state index contributed by atoms with van der Waals surface area (Å²) < 4.78 is 34.4. The van der Waals surface area contributed by atoms with E-state index >= 15 is 0 Å². The molecule has 0 aromatic carbocycles. The lowest BCUT2D eigenvalue weighted by molar-refractivity contribution is -0.870. The van der Waals surface area contributed by atoms with Crippen molar-refractivity contribution < 1.29 is 42.1 Å². The number of rotatable bonds is 76. The number of carbonyl (C=O) groups is 2. The second-order valence-corrected chi connectivity index (χ2v) is 30.2. The zero-order valence-corrected chi connectivity index (χ0v) is 65.6. The highest BCUT2D eigenvalue weighted by molar-refractivity contribution is 7.45. The van der Waals surface area contributed by atoms with Crippen LogP contribution in [0.1, 0.15) is 373 Å². The Morgan fingerprint density at radius 3 is 0.867 bits per heavy atom. The van der Waals surface area contributed by atoms with Crippen LogP contribution in [0.25, 0.3) is 0 Å². The number of unbranched alkanes of at least 4 members (excludes halogenated alkanes) is 42. The molecule has 10 heteroatoms. The number of carbonyl (C=O) groups excluding carboxylic acids is 2. The fraction of sp³-hybridized carbons (Fsp3) is 0.750. The summed E-state index contributed by atoms with van der Waals surface area (Å²) in [6.07, 6.45) is 112. The predicted octanol–water partition coefficient (Wildman–Crippen LogP) is 27.1. The topological polar surface area (TPSA) is 111 Å². The number of allylic oxidation sites excluding steroid dienone is 20. The maximum absolute atomic E-state index is 12.9. The van der Waals surface area contributed by atoms with Crippen LogP contribution in [0.5, 0.6) is 0 Å². The van der Waals surface area contributed by atoms with Crippen LogP contribution in [0.15, 0.2) is 122 Å². The van der Waals surface area contributed by atoms with Gasteiger partial charge in [0, 0.05) is 12.8 Å². The van der Waals surface area contributed by atoms with Gasteiger partial charge in [0.2, 0.25) is 0 Å². The number of phosphoric acid groups is 1. The summed E-state index contributed by atoms with van der Waals surface area (Å²) >= 11 is 0. The summed E-state index contributed by atoms with van der Waals surface area (Å²) in [5.41, 5.74) is 0. The molecule has 0 aliphatic rings. The maximum atomic E-state index is 12.9. The van der Waals surface area contributed by atoms with E-state index in [1.165, 1.54) is 231 Å². The minimum absolute atomic E-state index is 0.0345. The Bertz CT molecular complexity index is 2070. The van der Waals surface area contributed by atoms with Gasteiger partial charge < -0.3 is 27.9 Å². The molecule has 0 radical (unpaired) electrons. The third-order valence-electron chi connectivity index (χ3n) is 18.0. The number of hydrogen-bond acceptors (Lipinski definition) is 8. The molecule has 0 aliphatic carbocycles. The highest BCUT2D eigenvalue weighted by Gasteiger charge is 2.22. The van der Waals surface area contributed by atoms with Crippen LogP contribution >= 0.6 is 7.82 Å². The quantitative estimate of drug-likeness (QED) is 0.0195. The largest absolute Gasteiger partial charge is 0.756 e. The summed E-state index contributed by atoms with van der Waals surface area (Å²) in [7, 11) is 1.17. The van der Waals surface area contributed by atoms with Crippen molar-refractivity contribution in [3.05, 3.63) is 122 Å². The van der Waals surface area contributed by atoms with E-state index in [9.17, 15) is 19.0 Å². The van der Waals surface area contributed by atoms with Crippen LogP contribution in [0.4, 0.5) is 0 Å². The first-order chi connectivity index (χ1) is 48.0. The molecular formula is C88H156NO8P. The molecule has 9 nitrogen and oxygen atoms in total. The van der Waals surface area contributed by atoms with E-state index in [1.807, 2.05) is 21.1 Å². The molecule has 566 valence electrons. The van der Waals surface area contributed by atoms with Crippen LogP contribution in [-0.4, -0.2) is 70.0 Å². The average Bonchev–Trinajstić information content (AvgIpc) is 1.08. The first kappa shape index (κ1) is 94.4. The molecule has 0 amide bonds. The van der Waals surface area contributed by atoms with Crippen LogP contribution in [0.3, 0.4) is 0 Å². The van der Waals surface area contributed by atoms with Gasteiger partial charge in [-0.15, -0.1) is 0 Å². The summed E-state index contributed by atoms with van der Waals surface area (Å²) in [6.45, 7) is 4.17. The van der Waals surface area contributed by atoms with Crippen molar-refractivity contribution in [3.8, 4) is 0 Å². The standard InChI is InChI=1S/C88H156NO8P/c1-6-8-10-12-14-16-18-20-22-24-26-28-30-32-34-36-38-40-41-42-43-44-45-46-47-49-51-53-55-57-59-61-63-65-67-69-71-73-75-77-79-81-88(91)97-86(85-96-98(92,93)95-83-82-89(3,4)5)84-94-87(90)80-78-76-74-72-70-68-66-64-62-60-58-56-54-52-50-48-39-37-35-33-31-29-27-25-23-21-19-17-15-13-11-9-7-2/h8,10,14,16,20,22,26,28,32,34,38,40,42-43,45-46,49,51,55,57,86H,6-7,9,11-13,15,17-19,21,23-25,27,29-31,33,35-37,39,41,44,47-48,50,52-54,56,58-85H2,1-5H3/b10-8-,16-14-,22-20-,28-26-,34-32-,40-38-,43-42-,46-45-,51-49-,57-55-. The molecule has 0 fully saturated rings. The van der Waals surface area contributed by atoms with Crippen molar-refractivity contribution in [1.82, 2.24) is 0 Å². The van der Waals surface area contributed by atoms with Crippen LogP contribution in [0.2, 0.25) is 0 Å². The Balaban J connectivity index is 4.00. The summed E-state index contributed by atoms with van der Waals surface area (Å²) in [5.74, 6) is -0.827. The van der Waals surface area contributed by atoms with Gasteiger partial charge >= 0.3 is 11.9 Å². The van der Waals surface area contributed by atoms with E-state index in [0.29, 0.717) is 17.4 Å². The number of phosphoric ester groups is 1. The van der Waals surface area contributed by atoms with Gasteiger partial charge in [-0.1, -0.05) is 392 Å². The van der Waals surface area contributed by atoms with Crippen molar-refractivity contribution in [2.75, 3.05) is 47.5 Å². The first-order valence-corrected chi connectivity index (χ1v) is 42.7. The highest BCUT2D eigenvalue weighted by atomic mass is 31.2. The summed E-state index contributed by atoms with van der Waals surface area (Å²) in [6, 6.07) is 0. The molecule has 98 heavy (non-hydrogen) atoms. The average molecular weight is 1390 g/mol. The lowest BCUT2D eigenvalue weighted by Crippen LogP contribution is -2.37. The van der Waals surface area contributed by atoms with Crippen LogP contribution in [0, 0.1) is 0 Å². The third-order valence-corrected chi connectivity index (χ3v) is 19.0. The number of likely N-dealkylation sites (N-methyl/N-ethyl adjacent to an activating group) is 1. The highest BCUT2D eigenvalue weighted by Crippen LogP contribution is 2.38. The van der Waals surface area contributed by atoms with Gasteiger partial charge in [0.15, 0.2) is 6.10 Å². The molecule has 0 N–H and O–H groups in total. The van der Waals surface area contributed by atoms with E-state index < -0.39 is 26.5 Å². The molecule has 0 rings (SSSR count). The third kappa shape index (κ3) is 81.4. The summed E-state index contributed by atoms with van der Waals surface area (Å²) in [5, 5.41) is 0. The minimum atomic E-state index is -4.65. The number of hydrogen-bond donors (Lipinski definition) is 0. The second kappa shape index (κ2) is 77.6. The van der Waals surface area contributed by atoms with E-state index in [-0.39, 0.29) is 32.0 Å². The monoisotopic (exact) mass is 1390 g/mol. The molecule has 0 aliphatic heterocycles. The second-order valence-electron chi connectivity index (χ2n) is 28.8. The number of ether oxygens (including phenoxy) is 2. The van der Waals surface area contributed by atoms with Crippen molar-refractivity contribution in [2.45, 2.75) is 380 Å². The van der Waals surface area contributed by atoms with Gasteiger partial charge in [0.25, 0.3) is 7.82 Å². The molecule has 0 saturated carbocycles. The number of quaternary nitrogens is 1. The zero-order chi connectivity index (χ0) is 71.1. The van der Waals surface area contributed by atoms with Crippen LogP contribution < -0.4 is 4.89 Å². The van der Waals surface area contributed by atoms with E-state index in [2.05, 4.69) is 135 Å². The van der Waals surface area contributed by atoms with Crippen molar-refractivity contribution >= 4 is 19.8 Å². The molecule has 0 saturated heterocycles. The van der Waals surface area contributed by atoms with E-state index in [0.717, 1.165) is 109 Å². The summed E-state index contributed by atoms with van der Waals surface area (Å²) in [4.78, 5) is 38.2. The van der Waals surface area contributed by atoms with Gasteiger partial charge in [-0.2, -0.15) is 0 Å². The van der Waals surface area contributed by atoms with Crippen LogP contribution in [-0.2, 0) is 32.7 Å². The molecule has 2 atom stereocenters. The number of esters is 2. The Morgan fingerprint density at radius 2 is 0.582 bits per heavy atom. The van der Waals surface area contributed by atoms with E-state index in [1.54, 1.807) is 0 Å². The molecule has 0 aromatic rings. The lowest BCUT2D eigenvalue weighted by atomic mass is 10.0. The fourth-order valence-corrected chi connectivity index (χ4v) is 12.5. The Morgan fingerprint density at radius 1 is 0.327 bits per heavy atom. The van der Waals surface area contributed by atoms with Gasteiger partial charge in [-0.25, -0.2) is 0 Å². The Labute approximate surface area is 607 Å². The van der Waals surface area contributed by atoms with Crippen molar-refractivity contribution in [3.63, 3.8) is 0 Å². The SMILES string of the molecule is CC/C=C\C/C=C\C/C=C\C/C=C\C/C=C\C/C=C\C/C=C\C/C=C\C/C=C\C/C=C\CCCCCCCCCCCCC(=O)OC(COC(=O)CCCCCCCCCCCCCCCCCCCCCCCCCCCCCCCCCCC)COP(=O)([O-])OCC[N+](C)(C)C. The minimum Gasteiger partial charge on any atom is -0.756 e. The smallest absolute Gasteiger partial charge is 0.306 e. The zero-order valence-electron chi connectivity index (χ0n) is 64.7. The number of nitrogens with zero attached hydrogens (tertiary/aromatic N) is 1. The van der Waals surface area contributed by atoms with Gasteiger partial charge in [-0.3, -0.25) is 14.2 Å². The van der Waals surface area contributed by atoms with Gasteiger partial charge in [-0.05, 0) is 89.9 Å². The normalized spacial score (nSPS) is 13.7. The molecule has 0 bridgehead atoms. The maximum Gasteiger partial charge on any atom is 0.306 e. The van der Waals surface area contributed by atoms with E-state index in [4.69, 9.17) is 18.5 Å².